The molecule has 1 saturated heterocycles. The predicted octanol–water partition coefficient (Wildman–Crippen LogP) is 3.28. The van der Waals surface area contributed by atoms with Crippen LogP contribution in [0.1, 0.15) is 54.9 Å². The van der Waals surface area contributed by atoms with Crippen LogP contribution in [0.15, 0.2) is 0 Å². The van der Waals surface area contributed by atoms with Gasteiger partial charge in [-0.25, -0.2) is 9.78 Å². The van der Waals surface area contributed by atoms with Crippen molar-refractivity contribution in [2.24, 2.45) is 5.41 Å². The van der Waals surface area contributed by atoms with Gasteiger partial charge in [0.05, 0.1) is 6.10 Å². The Hall–Kier alpha value is -0.120. The monoisotopic (exact) mass is 216 g/mol. The molecule has 1 fully saturated rings. The van der Waals surface area contributed by atoms with E-state index in [0.717, 1.165) is 6.42 Å². The lowest BCUT2D eigenvalue weighted by atomic mass is 9.86. The molecule has 0 aromatic carbocycles. The van der Waals surface area contributed by atoms with E-state index in [1.165, 1.54) is 0 Å². The zero-order valence-electron chi connectivity index (χ0n) is 11.0. The molecule has 0 spiro atoms. The fourth-order valence-electron chi connectivity index (χ4n) is 1.67. The first-order valence-corrected chi connectivity index (χ1v) is 5.60. The minimum absolute atomic E-state index is 0.123. The fraction of sp³-hybridized carbons (Fsp3) is 1.00. The molecule has 2 unspecified atom stereocenters. The summed E-state index contributed by atoms with van der Waals surface area (Å²) in [6, 6.07) is 0. The first-order valence-electron chi connectivity index (χ1n) is 5.60. The van der Waals surface area contributed by atoms with E-state index < -0.39 is 5.79 Å². The second-order valence-corrected chi connectivity index (χ2v) is 6.25. The zero-order chi connectivity index (χ0) is 11.9. The van der Waals surface area contributed by atoms with Crippen molar-refractivity contribution in [1.82, 2.24) is 0 Å². The number of rotatable bonds is 0. The molecule has 0 amide bonds. The molecule has 90 valence electrons. The van der Waals surface area contributed by atoms with Crippen LogP contribution in [0, 0.1) is 5.41 Å². The van der Waals surface area contributed by atoms with Crippen LogP contribution in [0.25, 0.3) is 0 Å². The van der Waals surface area contributed by atoms with Gasteiger partial charge >= 0.3 is 0 Å². The van der Waals surface area contributed by atoms with Crippen LogP contribution in [0.2, 0.25) is 0 Å². The maximum Gasteiger partial charge on any atom is 0.203 e. The minimum atomic E-state index is -0.694. The van der Waals surface area contributed by atoms with Gasteiger partial charge < -0.3 is 4.74 Å². The Balaban J connectivity index is 2.87. The summed E-state index contributed by atoms with van der Waals surface area (Å²) in [6.07, 6.45) is 0.963. The second kappa shape index (κ2) is 3.72. The topological polar surface area (TPSA) is 27.7 Å². The van der Waals surface area contributed by atoms with E-state index in [1.54, 1.807) is 0 Å². The molecule has 2 atom stereocenters. The van der Waals surface area contributed by atoms with Crippen LogP contribution in [0.4, 0.5) is 0 Å². The maximum absolute atomic E-state index is 5.95. The Kier molecular flexibility index (Phi) is 3.21. The van der Waals surface area contributed by atoms with Crippen molar-refractivity contribution in [1.29, 1.82) is 0 Å². The van der Waals surface area contributed by atoms with Crippen LogP contribution in [0.3, 0.4) is 0 Å². The minimum Gasteiger partial charge on any atom is -0.344 e. The highest BCUT2D eigenvalue weighted by atomic mass is 17.2. The first-order chi connectivity index (χ1) is 6.56. The average molecular weight is 216 g/mol. The third kappa shape index (κ3) is 2.92. The smallest absolute Gasteiger partial charge is 0.203 e. The zero-order valence-corrected chi connectivity index (χ0v) is 11.0. The Morgan fingerprint density at radius 2 is 1.60 bits per heavy atom. The molecule has 1 heterocycles. The lowest BCUT2D eigenvalue weighted by molar-refractivity contribution is -0.463. The number of hydrogen-bond acceptors (Lipinski definition) is 3. The third-order valence-corrected chi connectivity index (χ3v) is 2.99. The van der Waals surface area contributed by atoms with E-state index in [1.807, 2.05) is 20.8 Å². The quantitative estimate of drug-likeness (QED) is 0.582. The molecule has 3 heteroatoms. The molecule has 1 aliphatic heterocycles. The molecular weight excluding hydrogens is 192 g/mol. The normalized spacial score (nSPS) is 37.4. The molecule has 0 aromatic heterocycles. The summed E-state index contributed by atoms with van der Waals surface area (Å²) in [5, 5.41) is 0. The highest BCUT2D eigenvalue weighted by Gasteiger charge is 2.46. The van der Waals surface area contributed by atoms with Gasteiger partial charge in [-0.3, -0.25) is 0 Å². The summed E-state index contributed by atoms with van der Waals surface area (Å²) in [7, 11) is 0. The van der Waals surface area contributed by atoms with Gasteiger partial charge in [-0.2, -0.15) is 0 Å². The van der Waals surface area contributed by atoms with E-state index in [2.05, 4.69) is 27.7 Å². The van der Waals surface area contributed by atoms with Crippen molar-refractivity contribution in [3.8, 4) is 0 Å². The van der Waals surface area contributed by atoms with Gasteiger partial charge in [0.25, 0.3) is 0 Å². The van der Waals surface area contributed by atoms with Gasteiger partial charge in [-0.05, 0) is 27.7 Å². The van der Waals surface area contributed by atoms with E-state index >= 15 is 0 Å². The van der Waals surface area contributed by atoms with Crippen LogP contribution in [-0.2, 0) is 14.5 Å². The van der Waals surface area contributed by atoms with Gasteiger partial charge in [0.1, 0.15) is 5.60 Å². The van der Waals surface area contributed by atoms with Crippen molar-refractivity contribution in [3.63, 3.8) is 0 Å². The molecule has 0 radical (unpaired) electrons. The Morgan fingerprint density at radius 1 is 1.07 bits per heavy atom. The molecule has 0 aromatic rings. The van der Waals surface area contributed by atoms with Gasteiger partial charge in [0.15, 0.2) is 0 Å². The van der Waals surface area contributed by atoms with Crippen molar-refractivity contribution >= 4 is 0 Å². The van der Waals surface area contributed by atoms with Crippen molar-refractivity contribution < 1.29 is 14.5 Å². The standard InChI is InChI=1S/C12H24O3/c1-9-8-11(5,6)14-15-12(7,13-9)10(2,3)4/h9H,8H2,1-7H3. The molecule has 15 heavy (non-hydrogen) atoms. The summed E-state index contributed by atoms with van der Waals surface area (Å²) in [6.45, 7) is 14.3. The molecule has 0 saturated carbocycles. The Bertz CT molecular complexity index is 230. The molecule has 1 aliphatic rings. The van der Waals surface area contributed by atoms with E-state index in [0.29, 0.717) is 0 Å². The lowest BCUT2D eigenvalue weighted by Gasteiger charge is -2.39. The van der Waals surface area contributed by atoms with Crippen LogP contribution in [-0.4, -0.2) is 17.5 Å². The van der Waals surface area contributed by atoms with Crippen LogP contribution in [0.5, 0.6) is 0 Å². The van der Waals surface area contributed by atoms with E-state index in [4.69, 9.17) is 14.5 Å². The average Bonchev–Trinajstić information content (AvgIpc) is 2.06. The number of ether oxygens (including phenoxy) is 1. The summed E-state index contributed by atoms with van der Waals surface area (Å²) >= 11 is 0. The van der Waals surface area contributed by atoms with Gasteiger partial charge in [0.2, 0.25) is 5.79 Å². The van der Waals surface area contributed by atoms with E-state index in [-0.39, 0.29) is 17.1 Å². The maximum atomic E-state index is 5.95. The van der Waals surface area contributed by atoms with Gasteiger partial charge in [0, 0.05) is 11.8 Å². The van der Waals surface area contributed by atoms with Gasteiger partial charge in [-0.15, -0.1) is 0 Å². The SMILES string of the molecule is CC1CC(C)(C)OOC(C)(C(C)(C)C)O1. The van der Waals surface area contributed by atoms with E-state index in [9.17, 15) is 0 Å². The summed E-state index contributed by atoms with van der Waals surface area (Å²) in [4.78, 5) is 11.0. The first kappa shape index (κ1) is 12.9. The number of hydrogen-bond donors (Lipinski definition) is 0. The summed E-state index contributed by atoms with van der Waals surface area (Å²) < 4.78 is 5.95. The molecule has 3 nitrogen and oxygen atoms in total. The highest BCUT2D eigenvalue weighted by molar-refractivity contribution is 4.83. The van der Waals surface area contributed by atoms with Crippen molar-refractivity contribution in [3.05, 3.63) is 0 Å². The fourth-order valence-corrected chi connectivity index (χ4v) is 1.67. The Labute approximate surface area is 93.0 Å². The Morgan fingerprint density at radius 3 is 2.07 bits per heavy atom. The summed E-state index contributed by atoms with van der Waals surface area (Å²) in [5.74, 6) is -0.694. The molecule has 0 aliphatic carbocycles. The third-order valence-electron chi connectivity index (χ3n) is 2.99. The summed E-state index contributed by atoms with van der Waals surface area (Å²) in [5.41, 5.74) is -0.413. The molecule has 0 bridgehead atoms. The molecule has 1 rings (SSSR count). The molecular formula is C12H24O3. The highest BCUT2D eigenvalue weighted by Crippen LogP contribution is 2.40. The largest absolute Gasteiger partial charge is 0.344 e. The lowest BCUT2D eigenvalue weighted by Crippen LogP contribution is -2.46. The second-order valence-electron chi connectivity index (χ2n) is 6.25. The van der Waals surface area contributed by atoms with Gasteiger partial charge in [-0.1, -0.05) is 20.8 Å². The van der Waals surface area contributed by atoms with Crippen LogP contribution >= 0.6 is 0 Å². The van der Waals surface area contributed by atoms with Crippen LogP contribution < -0.4 is 0 Å². The molecule has 0 N–H and O–H groups in total. The van der Waals surface area contributed by atoms with Crippen molar-refractivity contribution in [2.45, 2.75) is 72.4 Å². The van der Waals surface area contributed by atoms with Crippen molar-refractivity contribution in [2.75, 3.05) is 0 Å². The predicted molar refractivity (Wildman–Crippen MR) is 59.3 cm³/mol.